The van der Waals surface area contributed by atoms with Crippen molar-refractivity contribution in [2.45, 2.75) is 124 Å². The molecule has 0 bridgehead atoms. The van der Waals surface area contributed by atoms with Crippen LogP contribution in [0.4, 0.5) is 4.79 Å². The van der Waals surface area contributed by atoms with E-state index >= 15 is 0 Å². The lowest BCUT2D eigenvalue weighted by Crippen LogP contribution is -2.51. The van der Waals surface area contributed by atoms with Gasteiger partial charge in [0.1, 0.15) is 11.7 Å². The van der Waals surface area contributed by atoms with Crippen molar-refractivity contribution in [3.63, 3.8) is 0 Å². The number of ether oxygens (including phenoxy) is 4. The van der Waals surface area contributed by atoms with Crippen LogP contribution in [0.3, 0.4) is 0 Å². The largest absolute Gasteiger partial charge is 0.457 e. The number of hydrogen-bond acceptors (Lipinski definition) is 9. The zero-order valence-corrected chi connectivity index (χ0v) is 30.1. The standard InChI is InChI=1S/C37H60N2O8/c1-10-30(41)28(6)35-31(44-35)22-24(2)12-11-13-26(4)34-27(5)14-15-32(45-36(43)39-20-18-38(9)19-21-39)37(8,47-29(7)40)17-16-25(3)23-33(42)46-34/h11-15,24-25,27-28,30-32,34-35,41H,10,16-23H2,1-9H3/b12-11+,15-14+,26-13+/t24-,25-,27+,28-,30+,31-,32+,34-,35-,37-/m1/s1. The van der Waals surface area contributed by atoms with Crippen molar-refractivity contribution < 1.29 is 38.4 Å². The van der Waals surface area contributed by atoms with Crippen molar-refractivity contribution >= 4 is 18.0 Å². The lowest BCUT2D eigenvalue weighted by Gasteiger charge is -2.38. The number of cyclic esters (lactones) is 1. The van der Waals surface area contributed by atoms with Crippen molar-refractivity contribution in [1.82, 2.24) is 9.80 Å². The van der Waals surface area contributed by atoms with Crippen LogP contribution in [0.2, 0.25) is 0 Å². The maximum Gasteiger partial charge on any atom is 0.410 e. The maximum absolute atomic E-state index is 13.3. The Bertz CT molecular complexity index is 1150. The van der Waals surface area contributed by atoms with Crippen LogP contribution in [0.1, 0.15) is 87.5 Å². The minimum absolute atomic E-state index is 0.0367. The first-order valence-electron chi connectivity index (χ1n) is 17.5. The molecule has 0 saturated carbocycles. The van der Waals surface area contributed by atoms with Crippen LogP contribution in [0.5, 0.6) is 0 Å². The third-order valence-electron chi connectivity index (χ3n) is 9.96. The number of allylic oxidation sites excluding steroid dienone is 3. The zero-order valence-electron chi connectivity index (χ0n) is 30.1. The number of aliphatic hydroxyl groups is 1. The molecule has 3 aliphatic heterocycles. The lowest BCUT2D eigenvalue weighted by atomic mass is 9.86. The fourth-order valence-electron chi connectivity index (χ4n) is 6.56. The van der Waals surface area contributed by atoms with E-state index in [0.717, 1.165) is 31.5 Å². The summed E-state index contributed by atoms with van der Waals surface area (Å²) < 4.78 is 23.9. The van der Waals surface area contributed by atoms with Crippen LogP contribution in [-0.2, 0) is 28.5 Å². The van der Waals surface area contributed by atoms with E-state index < -0.39 is 29.9 Å². The summed E-state index contributed by atoms with van der Waals surface area (Å²) in [6.07, 6.45) is 10.7. The molecule has 10 nitrogen and oxygen atoms in total. The molecule has 3 rings (SSSR count). The number of likely N-dealkylation sites (N-methyl/N-ethyl adjacent to an activating group) is 1. The van der Waals surface area contributed by atoms with Gasteiger partial charge >= 0.3 is 18.0 Å². The molecule has 266 valence electrons. The first-order chi connectivity index (χ1) is 22.1. The fraction of sp³-hybridized carbons (Fsp3) is 0.757. The average molecular weight is 661 g/mol. The molecule has 0 aromatic heterocycles. The van der Waals surface area contributed by atoms with Crippen molar-refractivity contribution in [3.05, 3.63) is 36.0 Å². The Labute approximate surface area is 282 Å². The number of hydrogen-bond donors (Lipinski definition) is 1. The van der Waals surface area contributed by atoms with Crippen molar-refractivity contribution in [2.24, 2.45) is 23.7 Å². The number of nitrogens with zero attached hydrogens (tertiary/aromatic N) is 2. The third-order valence-corrected chi connectivity index (χ3v) is 9.96. The van der Waals surface area contributed by atoms with E-state index in [9.17, 15) is 19.5 Å². The highest BCUT2D eigenvalue weighted by Crippen LogP contribution is 2.37. The van der Waals surface area contributed by atoms with Gasteiger partial charge in [0.05, 0.1) is 18.3 Å². The first kappa shape index (κ1) is 38.8. The van der Waals surface area contributed by atoms with Crippen molar-refractivity contribution in [2.75, 3.05) is 33.2 Å². The average Bonchev–Trinajstić information content (AvgIpc) is 3.77. The number of epoxide rings is 1. The smallest absolute Gasteiger partial charge is 0.410 e. The molecule has 0 aliphatic carbocycles. The number of rotatable bonds is 10. The fourth-order valence-corrected chi connectivity index (χ4v) is 6.56. The number of carbonyl (C=O) groups is 3. The van der Waals surface area contributed by atoms with Crippen LogP contribution in [0.15, 0.2) is 36.0 Å². The Morgan fingerprint density at radius 1 is 1.15 bits per heavy atom. The topological polar surface area (TPSA) is 118 Å². The molecule has 3 heterocycles. The summed E-state index contributed by atoms with van der Waals surface area (Å²) in [7, 11) is 2.02. The predicted molar refractivity (Wildman–Crippen MR) is 182 cm³/mol. The second kappa shape index (κ2) is 17.6. The Balaban J connectivity index is 1.79. The molecule has 10 heteroatoms. The highest BCUT2D eigenvalue weighted by atomic mass is 16.6. The molecule has 0 aromatic carbocycles. The number of esters is 2. The molecule has 2 fully saturated rings. The van der Waals surface area contributed by atoms with E-state index in [-0.39, 0.29) is 54.4 Å². The molecule has 0 radical (unpaired) electrons. The van der Waals surface area contributed by atoms with Gasteiger partial charge in [-0.25, -0.2) is 4.79 Å². The minimum Gasteiger partial charge on any atom is -0.457 e. The van der Waals surface area contributed by atoms with Crippen LogP contribution >= 0.6 is 0 Å². The van der Waals surface area contributed by atoms with Gasteiger partial charge in [-0.1, -0.05) is 58.9 Å². The molecule has 1 amide bonds. The SMILES string of the molecule is CC[C@H](O)[C@@H](C)[C@H]1O[C@@H]1C[C@H](C)/C=C/C=C(\C)[C@H]1OC(=O)C[C@H](C)CC[C@@](C)(OC(C)=O)[C@@H](OC(=O)N2CCN(C)CC2)/C=C/[C@@H]1C. The summed E-state index contributed by atoms with van der Waals surface area (Å²) in [4.78, 5) is 42.6. The molecular formula is C37H60N2O8. The monoisotopic (exact) mass is 660 g/mol. The van der Waals surface area contributed by atoms with Crippen LogP contribution in [-0.4, -0.2) is 102 Å². The molecule has 0 spiro atoms. The van der Waals surface area contributed by atoms with E-state index in [1.807, 2.05) is 59.9 Å². The van der Waals surface area contributed by atoms with E-state index in [0.29, 0.717) is 25.9 Å². The molecule has 47 heavy (non-hydrogen) atoms. The summed E-state index contributed by atoms with van der Waals surface area (Å²) >= 11 is 0. The van der Waals surface area contributed by atoms with E-state index in [4.69, 9.17) is 18.9 Å². The summed E-state index contributed by atoms with van der Waals surface area (Å²) in [5.74, 6) is -0.631. The van der Waals surface area contributed by atoms with E-state index in [1.165, 1.54) is 6.92 Å². The van der Waals surface area contributed by atoms with E-state index in [1.54, 1.807) is 17.9 Å². The summed E-state index contributed by atoms with van der Waals surface area (Å²) in [5.41, 5.74) is -0.227. The zero-order chi connectivity index (χ0) is 34.9. The molecule has 0 unspecified atom stereocenters. The molecule has 10 atom stereocenters. The van der Waals surface area contributed by atoms with Gasteiger partial charge in [-0.15, -0.1) is 0 Å². The number of aliphatic hydroxyl groups excluding tert-OH is 1. The quantitative estimate of drug-likeness (QED) is 0.104. The summed E-state index contributed by atoms with van der Waals surface area (Å²) in [6.45, 7) is 17.9. The highest BCUT2D eigenvalue weighted by Gasteiger charge is 2.45. The van der Waals surface area contributed by atoms with Crippen LogP contribution in [0.25, 0.3) is 0 Å². The molecule has 1 N–H and O–H groups in total. The molecule has 3 aliphatic rings. The summed E-state index contributed by atoms with van der Waals surface area (Å²) in [5, 5.41) is 10.2. The number of carbonyl (C=O) groups excluding carboxylic acids is 3. The molecular weight excluding hydrogens is 600 g/mol. The Morgan fingerprint density at radius 2 is 1.83 bits per heavy atom. The highest BCUT2D eigenvalue weighted by molar-refractivity contribution is 5.70. The Morgan fingerprint density at radius 3 is 2.47 bits per heavy atom. The van der Waals surface area contributed by atoms with Gasteiger partial charge in [0, 0.05) is 51.4 Å². The van der Waals surface area contributed by atoms with Gasteiger partial charge < -0.3 is 33.9 Å². The van der Waals surface area contributed by atoms with Gasteiger partial charge in [-0.3, -0.25) is 9.59 Å². The van der Waals surface area contributed by atoms with Crippen LogP contribution < -0.4 is 0 Å². The minimum atomic E-state index is -1.11. The number of amides is 1. The van der Waals surface area contributed by atoms with Gasteiger partial charge in [0.15, 0.2) is 6.10 Å². The number of piperazine rings is 1. The second-order valence-corrected chi connectivity index (χ2v) is 14.5. The lowest BCUT2D eigenvalue weighted by molar-refractivity contribution is -0.167. The third kappa shape index (κ3) is 11.8. The normalized spacial score (nSPS) is 34.0. The Kier molecular flexibility index (Phi) is 14.5. The van der Waals surface area contributed by atoms with Gasteiger partial charge in [0.25, 0.3) is 0 Å². The van der Waals surface area contributed by atoms with Crippen LogP contribution in [0, 0.1) is 23.7 Å². The Hall–Kier alpha value is -2.69. The molecule has 2 saturated heterocycles. The molecule has 0 aromatic rings. The second-order valence-electron chi connectivity index (χ2n) is 14.5. The maximum atomic E-state index is 13.3. The van der Waals surface area contributed by atoms with Crippen molar-refractivity contribution in [3.8, 4) is 0 Å². The first-order valence-corrected chi connectivity index (χ1v) is 17.5. The van der Waals surface area contributed by atoms with Crippen molar-refractivity contribution in [1.29, 1.82) is 0 Å². The predicted octanol–water partition coefficient (Wildman–Crippen LogP) is 5.69. The van der Waals surface area contributed by atoms with Gasteiger partial charge in [-0.2, -0.15) is 0 Å². The summed E-state index contributed by atoms with van der Waals surface area (Å²) in [6, 6.07) is 0. The van der Waals surface area contributed by atoms with Gasteiger partial charge in [-0.05, 0) is 70.1 Å². The van der Waals surface area contributed by atoms with E-state index in [2.05, 4.69) is 17.9 Å². The van der Waals surface area contributed by atoms with Gasteiger partial charge in [0.2, 0.25) is 0 Å².